The number of unbranched alkanes of at least 4 members (excludes halogenated alkanes) is 19. The summed E-state index contributed by atoms with van der Waals surface area (Å²) < 4.78 is 0. The number of hydrogen-bond acceptors (Lipinski definition) is 5. The van der Waals surface area contributed by atoms with Gasteiger partial charge in [-0.3, -0.25) is 14.4 Å². The van der Waals surface area contributed by atoms with E-state index in [1.165, 1.54) is 140 Å². The highest BCUT2D eigenvalue weighted by molar-refractivity contribution is 8.13. The Hall–Kier alpha value is -1.34. The summed E-state index contributed by atoms with van der Waals surface area (Å²) in [6, 6.07) is -0.584. The number of carbonyl (C=O) groups excluding carboxylic acids is 3. The van der Waals surface area contributed by atoms with Crippen LogP contribution in [-0.4, -0.2) is 59.8 Å². The molecule has 0 bridgehead atoms. The van der Waals surface area contributed by atoms with Crippen molar-refractivity contribution in [3.63, 3.8) is 0 Å². The predicted octanol–water partition coefficient (Wildman–Crippen LogP) is 11.7. The van der Waals surface area contributed by atoms with Gasteiger partial charge >= 0.3 is 0 Å². The predicted molar refractivity (Wildman–Crippen MR) is 222 cm³/mol. The zero-order chi connectivity index (χ0) is 37.0. The van der Waals surface area contributed by atoms with Gasteiger partial charge in [-0.1, -0.05) is 160 Å². The third kappa shape index (κ3) is 28.8. The number of allylic oxidation sites excluding steroid dienone is 2. The van der Waals surface area contributed by atoms with Gasteiger partial charge in [0, 0.05) is 31.2 Å². The highest BCUT2D eigenvalue weighted by Crippen LogP contribution is 2.21. The molecule has 1 saturated heterocycles. The molecule has 0 aromatic rings. The van der Waals surface area contributed by atoms with E-state index in [-0.39, 0.29) is 22.8 Å². The molecule has 1 rings (SSSR count). The Morgan fingerprint density at radius 2 is 1.10 bits per heavy atom. The van der Waals surface area contributed by atoms with Crippen LogP contribution in [0.1, 0.15) is 207 Å². The van der Waals surface area contributed by atoms with Crippen LogP contribution >= 0.6 is 11.8 Å². The number of nitrogens with one attached hydrogen (secondary N) is 2. The molecule has 2 atom stereocenters. The van der Waals surface area contributed by atoms with E-state index in [0.717, 1.165) is 64.6 Å². The van der Waals surface area contributed by atoms with Crippen molar-refractivity contribution in [1.82, 2.24) is 15.5 Å². The van der Waals surface area contributed by atoms with E-state index >= 15 is 0 Å². The summed E-state index contributed by atoms with van der Waals surface area (Å²) in [5.41, 5.74) is 0. The summed E-state index contributed by atoms with van der Waals surface area (Å²) in [5.74, 6) is 0.456. The van der Waals surface area contributed by atoms with Crippen molar-refractivity contribution in [3.05, 3.63) is 12.2 Å². The van der Waals surface area contributed by atoms with E-state index in [1.54, 1.807) is 0 Å². The Balaban J connectivity index is 2.45. The van der Waals surface area contributed by atoms with E-state index in [1.807, 2.05) is 0 Å². The Morgan fingerprint density at radius 3 is 1.67 bits per heavy atom. The minimum atomic E-state index is -0.584. The molecule has 298 valence electrons. The summed E-state index contributed by atoms with van der Waals surface area (Å²) in [7, 11) is 0. The number of nitrogens with zero attached hydrogens (tertiary/aromatic N) is 1. The second-order valence-corrected chi connectivity index (χ2v) is 16.5. The third-order valence-electron chi connectivity index (χ3n) is 10.6. The first kappa shape index (κ1) is 47.7. The summed E-state index contributed by atoms with van der Waals surface area (Å²) in [6.45, 7) is 10.4. The fourth-order valence-electron chi connectivity index (χ4n) is 7.12. The Bertz CT molecular complexity index is 861. The molecule has 2 amide bonds. The smallest absolute Gasteiger partial charge is 0.242 e. The third-order valence-corrected chi connectivity index (χ3v) is 11.5. The molecular weight excluding hydrogens is 651 g/mol. The zero-order valence-electron chi connectivity index (χ0n) is 33.9. The van der Waals surface area contributed by atoms with Gasteiger partial charge in [0.2, 0.25) is 11.8 Å². The normalized spacial score (nSPS) is 14.6. The Morgan fingerprint density at radius 1 is 0.608 bits per heavy atom. The first-order chi connectivity index (χ1) is 25.0. The van der Waals surface area contributed by atoms with Crippen molar-refractivity contribution < 1.29 is 14.4 Å². The molecule has 2 unspecified atom stereocenters. The molecule has 51 heavy (non-hydrogen) atoms. The Labute approximate surface area is 320 Å². The fourth-order valence-corrected chi connectivity index (χ4v) is 7.99. The molecule has 1 aliphatic rings. The molecule has 1 fully saturated rings. The number of thioether (sulfide) groups is 1. The van der Waals surface area contributed by atoms with E-state index in [2.05, 4.69) is 48.5 Å². The molecule has 7 heteroatoms. The van der Waals surface area contributed by atoms with Gasteiger partial charge in [-0.05, 0) is 77.3 Å². The average molecular weight is 734 g/mol. The van der Waals surface area contributed by atoms with Crippen molar-refractivity contribution in [1.29, 1.82) is 0 Å². The van der Waals surface area contributed by atoms with Gasteiger partial charge in [-0.15, -0.1) is 0 Å². The van der Waals surface area contributed by atoms with Crippen molar-refractivity contribution in [2.45, 2.75) is 213 Å². The summed E-state index contributed by atoms with van der Waals surface area (Å²) in [4.78, 5) is 42.2. The lowest BCUT2D eigenvalue weighted by atomic mass is 9.93. The summed E-state index contributed by atoms with van der Waals surface area (Å²) in [5, 5.41) is 6.50. The second-order valence-electron chi connectivity index (χ2n) is 15.3. The van der Waals surface area contributed by atoms with Crippen molar-refractivity contribution in [2.75, 3.05) is 31.9 Å². The molecule has 1 heterocycles. The van der Waals surface area contributed by atoms with Crippen LogP contribution in [0, 0.1) is 5.92 Å². The molecule has 6 nitrogen and oxygen atoms in total. The fraction of sp³-hybridized carbons (Fsp3) is 0.886. The molecule has 0 aromatic heterocycles. The topological polar surface area (TPSA) is 78.5 Å². The number of likely N-dealkylation sites (tertiary alicyclic amines) is 1. The van der Waals surface area contributed by atoms with Gasteiger partial charge in [-0.25, -0.2) is 0 Å². The van der Waals surface area contributed by atoms with E-state index in [9.17, 15) is 14.4 Å². The minimum Gasteiger partial charge on any atom is -0.353 e. The zero-order valence-corrected chi connectivity index (χ0v) is 34.7. The van der Waals surface area contributed by atoms with Gasteiger partial charge in [0.15, 0.2) is 5.12 Å². The first-order valence-corrected chi connectivity index (χ1v) is 23.1. The lowest BCUT2D eigenvalue weighted by molar-refractivity contribution is -0.131. The molecular formula is C44H83N3O3S. The van der Waals surface area contributed by atoms with Crippen LogP contribution in [0.3, 0.4) is 0 Å². The van der Waals surface area contributed by atoms with E-state index < -0.39 is 6.04 Å². The number of amides is 2. The molecule has 0 radical (unpaired) electrons. The first-order valence-electron chi connectivity index (χ1n) is 22.1. The number of carbonyl (C=O) groups is 3. The summed E-state index contributed by atoms with van der Waals surface area (Å²) in [6.07, 6.45) is 38.2. The van der Waals surface area contributed by atoms with Crippen LogP contribution in [0.5, 0.6) is 0 Å². The van der Waals surface area contributed by atoms with Crippen molar-refractivity contribution >= 4 is 28.7 Å². The van der Waals surface area contributed by atoms with Crippen molar-refractivity contribution in [3.8, 4) is 0 Å². The van der Waals surface area contributed by atoms with Crippen LogP contribution in [0.4, 0.5) is 0 Å². The maximum atomic E-state index is 13.7. The highest BCUT2D eigenvalue weighted by Gasteiger charge is 2.26. The quantitative estimate of drug-likeness (QED) is 0.0495. The Kier molecular flexibility index (Phi) is 33.4. The highest BCUT2D eigenvalue weighted by atomic mass is 32.2. The van der Waals surface area contributed by atoms with E-state index in [0.29, 0.717) is 25.1 Å². The van der Waals surface area contributed by atoms with Crippen molar-refractivity contribution in [2.24, 2.45) is 5.92 Å². The maximum Gasteiger partial charge on any atom is 0.242 e. The number of rotatable bonds is 36. The van der Waals surface area contributed by atoms with Gasteiger partial charge in [0.1, 0.15) is 6.04 Å². The molecule has 0 saturated carbocycles. The largest absolute Gasteiger partial charge is 0.353 e. The minimum absolute atomic E-state index is 0.0318. The van der Waals surface area contributed by atoms with Crippen LogP contribution < -0.4 is 10.6 Å². The molecule has 0 aliphatic carbocycles. The number of hydrogen-bond donors (Lipinski definition) is 2. The molecule has 2 N–H and O–H groups in total. The molecule has 0 aromatic carbocycles. The average Bonchev–Trinajstić information content (AvgIpc) is 3.65. The van der Waals surface area contributed by atoms with Gasteiger partial charge in [0.05, 0.1) is 0 Å². The standard InChI is InChI=1S/C44H83N3O3S/c1-4-7-10-13-15-16-17-18-19-20-21-22-23-25-28-33-42(48)51-39-34-41(44(50)45-35-38-47-36-29-30-37-47)46-43(49)40(31-26-12-9-6-3)32-27-24-14-11-8-5-2/h18-19,40-41H,4-17,20-39H2,1-3H3,(H,45,50)(H,46,49)/b19-18-. The summed E-state index contributed by atoms with van der Waals surface area (Å²) >= 11 is 1.34. The maximum absolute atomic E-state index is 13.7. The molecule has 1 aliphatic heterocycles. The van der Waals surface area contributed by atoms with Gasteiger partial charge in [-0.2, -0.15) is 0 Å². The second kappa shape index (κ2) is 35.7. The van der Waals surface area contributed by atoms with Gasteiger partial charge < -0.3 is 15.5 Å². The lowest BCUT2D eigenvalue weighted by Crippen LogP contribution is -2.50. The molecule has 0 spiro atoms. The van der Waals surface area contributed by atoms with Crippen LogP contribution in [0.2, 0.25) is 0 Å². The lowest BCUT2D eigenvalue weighted by Gasteiger charge is -2.23. The monoisotopic (exact) mass is 734 g/mol. The van der Waals surface area contributed by atoms with Gasteiger partial charge in [0.25, 0.3) is 0 Å². The van der Waals surface area contributed by atoms with Crippen LogP contribution in [0.25, 0.3) is 0 Å². The van der Waals surface area contributed by atoms with Crippen LogP contribution in [-0.2, 0) is 14.4 Å². The van der Waals surface area contributed by atoms with E-state index in [4.69, 9.17) is 0 Å². The SMILES string of the molecule is CCCCCCCC/C=C\CCCCCCCC(=O)SCCC(NC(=O)C(CCCCCC)CCCCCCCC)C(=O)NCCN1CCCC1. The van der Waals surface area contributed by atoms with Crippen LogP contribution in [0.15, 0.2) is 12.2 Å².